The largest absolute Gasteiger partial charge is 0.348 e. The fraction of sp³-hybridized carbons (Fsp3) is 0.292. The maximum atomic E-state index is 12.5. The van der Waals surface area contributed by atoms with Crippen molar-refractivity contribution in [2.75, 3.05) is 0 Å². The van der Waals surface area contributed by atoms with Gasteiger partial charge in [0.15, 0.2) is 0 Å². The van der Waals surface area contributed by atoms with Crippen molar-refractivity contribution in [3.8, 4) is 5.69 Å². The number of carbonyl (C=O) groups is 1. The minimum atomic E-state index is -0.0912. The SMILES string of the molecule is Cc1cc2c(n1-c1ccc(C(=O)NCc3ccccc3Cl)cc1)CC[C@H](C)C2. The van der Waals surface area contributed by atoms with E-state index < -0.39 is 0 Å². The molecule has 0 fully saturated rings. The molecule has 3 aromatic rings. The first-order valence-corrected chi connectivity index (χ1v) is 10.2. The topological polar surface area (TPSA) is 34.0 Å². The molecule has 1 aliphatic rings. The Morgan fingerprint density at radius 2 is 1.93 bits per heavy atom. The molecule has 2 aromatic carbocycles. The van der Waals surface area contributed by atoms with Crippen molar-refractivity contribution >= 4 is 17.5 Å². The number of fused-ring (bicyclic) bond motifs is 1. The van der Waals surface area contributed by atoms with Gasteiger partial charge >= 0.3 is 0 Å². The van der Waals surface area contributed by atoms with Crippen LogP contribution in [0.5, 0.6) is 0 Å². The third-order valence-electron chi connectivity index (χ3n) is 5.60. The predicted octanol–water partition coefficient (Wildman–Crippen LogP) is 5.49. The molecule has 1 amide bonds. The summed E-state index contributed by atoms with van der Waals surface area (Å²) in [4.78, 5) is 12.5. The van der Waals surface area contributed by atoms with Crippen LogP contribution in [0.4, 0.5) is 0 Å². The third-order valence-corrected chi connectivity index (χ3v) is 5.97. The highest BCUT2D eigenvalue weighted by molar-refractivity contribution is 6.31. The average molecular weight is 393 g/mol. The van der Waals surface area contributed by atoms with Crippen LogP contribution < -0.4 is 5.32 Å². The Kier molecular flexibility index (Phi) is 5.27. The van der Waals surface area contributed by atoms with E-state index in [4.69, 9.17) is 11.6 Å². The van der Waals surface area contributed by atoms with E-state index in [-0.39, 0.29) is 5.91 Å². The van der Waals surface area contributed by atoms with Gasteiger partial charge in [0.2, 0.25) is 0 Å². The van der Waals surface area contributed by atoms with E-state index in [9.17, 15) is 4.79 Å². The zero-order chi connectivity index (χ0) is 19.7. The van der Waals surface area contributed by atoms with Crippen LogP contribution in [0.2, 0.25) is 5.02 Å². The number of hydrogen-bond acceptors (Lipinski definition) is 1. The molecule has 0 bridgehead atoms. The first-order chi connectivity index (χ1) is 13.5. The first-order valence-electron chi connectivity index (χ1n) is 9.85. The van der Waals surface area contributed by atoms with E-state index in [1.807, 2.05) is 48.5 Å². The lowest BCUT2D eigenvalue weighted by Crippen LogP contribution is -2.23. The second kappa shape index (κ2) is 7.84. The van der Waals surface area contributed by atoms with E-state index in [1.54, 1.807) is 0 Å². The van der Waals surface area contributed by atoms with Gasteiger partial charge in [-0.3, -0.25) is 4.79 Å². The minimum absolute atomic E-state index is 0.0912. The Morgan fingerprint density at radius 3 is 2.68 bits per heavy atom. The number of aromatic nitrogens is 1. The molecular weight excluding hydrogens is 368 g/mol. The summed E-state index contributed by atoms with van der Waals surface area (Å²) in [6.45, 7) is 4.90. The number of nitrogens with zero attached hydrogens (tertiary/aromatic N) is 1. The third kappa shape index (κ3) is 3.72. The van der Waals surface area contributed by atoms with Gasteiger partial charge in [0.1, 0.15) is 0 Å². The summed E-state index contributed by atoms with van der Waals surface area (Å²) in [6, 6.07) is 17.7. The molecule has 0 aliphatic heterocycles. The Hall–Kier alpha value is -2.52. The van der Waals surface area contributed by atoms with Gasteiger partial charge in [-0.1, -0.05) is 36.7 Å². The molecule has 1 heterocycles. The van der Waals surface area contributed by atoms with Crippen LogP contribution in [0, 0.1) is 12.8 Å². The van der Waals surface area contributed by atoms with E-state index in [0.717, 1.165) is 30.0 Å². The fourth-order valence-corrected chi connectivity index (χ4v) is 4.31. The van der Waals surface area contributed by atoms with E-state index in [0.29, 0.717) is 17.1 Å². The second-order valence-electron chi connectivity index (χ2n) is 7.76. The number of rotatable bonds is 4. The number of carbonyl (C=O) groups excluding carboxylic acids is 1. The van der Waals surface area contributed by atoms with Gasteiger partial charge in [-0.2, -0.15) is 0 Å². The smallest absolute Gasteiger partial charge is 0.251 e. The van der Waals surface area contributed by atoms with Crippen molar-refractivity contribution in [3.05, 3.63) is 87.7 Å². The van der Waals surface area contributed by atoms with Crippen LogP contribution in [0.15, 0.2) is 54.6 Å². The lowest BCUT2D eigenvalue weighted by atomic mass is 9.89. The highest BCUT2D eigenvalue weighted by Crippen LogP contribution is 2.30. The molecule has 4 rings (SSSR count). The summed E-state index contributed by atoms with van der Waals surface area (Å²) in [6.07, 6.45) is 3.51. The summed E-state index contributed by atoms with van der Waals surface area (Å²) >= 11 is 6.16. The van der Waals surface area contributed by atoms with Crippen molar-refractivity contribution in [1.82, 2.24) is 9.88 Å². The number of amides is 1. The van der Waals surface area contributed by atoms with E-state index in [1.165, 1.54) is 23.4 Å². The molecule has 0 radical (unpaired) electrons. The normalized spacial score (nSPS) is 15.9. The number of nitrogens with one attached hydrogen (secondary N) is 1. The summed E-state index contributed by atoms with van der Waals surface area (Å²) in [5.74, 6) is 0.665. The Bertz CT molecular complexity index is 1000. The van der Waals surface area contributed by atoms with Gasteiger partial charge in [0, 0.05) is 34.2 Å². The lowest BCUT2D eigenvalue weighted by Gasteiger charge is -2.21. The molecule has 3 nitrogen and oxygen atoms in total. The Morgan fingerprint density at radius 1 is 1.18 bits per heavy atom. The average Bonchev–Trinajstić information content (AvgIpc) is 3.02. The van der Waals surface area contributed by atoms with E-state index >= 15 is 0 Å². The van der Waals surface area contributed by atoms with Gasteiger partial charge in [-0.25, -0.2) is 0 Å². The maximum absolute atomic E-state index is 12.5. The molecule has 1 atom stereocenters. The van der Waals surface area contributed by atoms with Crippen molar-refractivity contribution in [2.45, 2.75) is 39.7 Å². The van der Waals surface area contributed by atoms with Crippen LogP contribution in [0.3, 0.4) is 0 Å². The van der Waals surface area contributed by atoms with Crippen molar-refractivity contribution in [3.63, 3.8) is 0 Å². The van der Waals surface area contributed by atoms with Crippen molar-refractivity contribution in [1.29, 1.82) is 0 Å². The number of benzene rings is 2. The van der Waals surface area contributed by atoms with Crippen LogP contribution in [0.1, 0.15) is 46.2 Å². The first kappa shape index (κ1) is 18.8. The van der Waals surface area contributed by atoms with Crippen LogP contribution in [-0.4, -0.2) is 10.5 Å². The maximum Gasteiger partial charge on any atom is 0.251 e. The van der Waals surface area contributed by atoms with Gasteiger partial charge in [0.25, 0.3) is 5.91 Å². The van der Waals surface area contributed by atoms with Crippen molar-refractivity contribution in [2.24, 2.45) is 5.92 Å². The number of aryl methyl sites for hydroxylation is 1. The second-order valence-corrected chi connectivity index (χ2v) is 8.17. The summed E-state index contributed by atoms with van der Waals surface area (Å²) < 4.78 is 2.34. The van der Waals surface area contributed by atoms with Crippen LogP contribution in [-0.2, 0) is 19.4 Å². The summed E-state index contributed by atoms with van der Waals surface area (Å²) in [5, 5.41) is 3.61. The zero-order valence-corrected chi connectivity index (χ0v) is 17.1. The highest BCUT2D eigenvalue weighted by atomic mass is 35.5. The van der Waals surface area contributed by atoms with Gasteiger partial charge < -0.3 is 9.88 Å². The minimum Gasteiger partial charge on any atom is -0.348 e. The lowest BCUT2D eigenvalue weighted by molar-refractivity contribution is 0.0951. The van der Waals surface area contributed by atoms with Gasteiger partial charge in [-0.15, -0.1) is 0 Å². The molecule has 1 aromatic heterocycles. The monoisotopic (exact) mass is 392 g/mol. The van der Waals surface area contributed by atoms with Crippen molar-refractivity contribution < 1.29 is 4.79 Å². The molecule has 144 valence electrons. The predicted molar refractivity (Wildman–Crippen MR) is 114 cm³/mol. The number of halogens is 1. The fourth-order valence-electron chi connectivity index (χ4n) is 4.11. The van der Waals surface area contributed by atoms with Crippen LogP contribution >= 0.6 is 11.6 Å². The van der Waals surface area contributed by atoms with Gasteiger partial charge in [-0.05, 0) is 79.6 Å². The summed E-state index contributed by atoms with van der Waals surface area (Å²) in [7, 11) is 0. The quantitative estimate of drug-likeness (QED) is 0.625. The van der Waals surface area contributed by atoms with Crippen LogP contribution in [0.25, 0.3) is 5.69 Å². The molecule has 0 saturated carbocycles. The Labute approximate surface area is 171 Å². The molecule has 28 heavy (non-hydrogen) atoms. The molecule has 0 saturated heterocycles. The summed E-state index contributed by atoms with van der Waals surface area (Å²) in [5.41, 5.74) is 6.84. The standard InChI is InChI=1S/C24H25ClN2O/c1-16-7-12-23-20(13-16)14-17(2)27(23)21-10-8-18(9-11-21)24(28)26-15-19-5-3-4-6-22(19)25/h3-6,8-11,14,16H,7,12-13,15H2,1-2H3,(H,26,28)/t16-/m0/s1. The molecular formula is C24H25ClN2O. The number of hydrogen-bond donors (Lipinski definition) is 1. The highest BCUT2D eigenvalue weighted by Gasteiger charge is 2.21. The Balaban J connectivity index is 1.50. The zero-order valence-electron chi connectivity index (χ0n) is 16.3. The van der Waals surface area contributed by atoms with Gasteiger partial charge in [0.05, 0.1) is 0 Å². The molecule has 1 N–H and O–H groups in total. The van der Waals surface area contributed by atoms with E-state index in [2.05, 4.69) is 29.8 Å². The molecule has 0 spiro atoms. The molecule has 1 aliphatic carbocycles. The molecule has 0 unspecified atom stereocenters. The molecule has 4 heteroatoms.